The Kier molecular flexibility index (Phi) is 5.96. The van der Waals surface area contributed by atoms with E-state index in [0.717, 1.165) is 69.4 Å². The Morgan fingerprint density at radius 2 is 1.82 bits per heavy atom. The summed E-state index contributed by atoms with van der Waals surface area (Å²) in [4.78, 5) is 29.9. The molecule has 2 aromatic rings. The Morgan fingerprint density at radius 3 is 2.50 bits per heavy atom. The zero-order valence-corrected chi connectivity index (χ0v) is 16.0. The zero-order chi connectivity index (χ0) is 19.2. The summed E-state index contributed by atoms with van der Waals surface area (Å²) in [6, 6.07) is 5.90. The second kappa shape index (κ2) is 8.97. The summed E-state index contributed by atoms with van der Waals surface area (Å²) in [5.41, 5.74) is 1.02. The van der Waals surface area contributed by atoms with E-state index in [1.165, 1.54) is 0 Å². The van der Waals surface area contributed by atoms with E-state index < -0.39 is 0 Å². The molecule has 0 atom stereocenters. The Hall–Kier alpha value is -2.74. The molecule has 2 fully saturated rings. The minimum Gasteiger partial charge on any atom is -0.378 e. The third-order valence-corrected chi connectivity index (χ3v) is 5.35. The van der Waals surface area contributed by atoms with Gasteiger partial charge in [-0.15, -0.1) is 0 Å². The van der Waals surface area contributed by atoms with Crippen molar-refractivity contribution in [1.29, 1.82) is 0 Å². The first kappa shape index (κ1) is 18.6. The number of nitrogens with one attached hydrogen (secondary N) is 1. The molecule has 1 N–H and O–H groups in total. The lowest BCUT2D eigenvalue weighted by atomic mass is 9.96. The molecule has 0 spiro atoms. The number of piperidine rings is 1. The summed E-state index contributed by atoms with van der Waals surface area (Å²) < 4.78 is 5.41. The maximum atomic E-state index is 12.5. The highest BCUT2D eigenvalue weighted by molar-refractivity contribution is 5.79. The van der Waals surface area contributed by atoms with Gasteiger partial charge >= 0.3 is 0 Å². The summed E-state index contributed by atoms with van der Waals surface area (Å²) >= 11 is 0. The van der Waals surface area contributed by atoms with Crippen molar-refractivity contribution in [2.75, 3.05) is 49.2 Å². The zero-order valence-electron chi connectivity index (χ0n) is 16.0. The van der Waals surface area contributed by atoms with Crippen molar-refractivity contribution >= 4 is 17.5 Å². The minimum atomic E-state index is 0.0495. The van der Waals surface area contributed by atoms with Gasteiger partial charge in [0.15, 0.2) is 0 Å². The number of amides is 1. The lowest BCUT2D eigenvalue weighted by Gasteiger charge is -2.33. The largest absolute Gasteiger partial charge is 0.378 e. The maximum absolute atomic E-state index is 12.5. The van der Waals surface area contributed by atoms with Gasteiger partial charge in [0.2, 0.25) is 5.91 Å². The summed E-state index contributed by atoms with van der Waals surface area (Å²) in [6.45, 7) is 5.36. The van der Waals surface area contributed by atoms with Crippen molar-refractivity contribution in [3.8, 4) is 0 Å². The second-order valence-corrected chi connectivity index (χ2v) is 7.17. The fourth-order valence-electron chi connectivity index (χ4n) is 3.68. The number of ether oxygens (including phenoxy) is 1. The Morgan fingerprint density at radius 1 is 1.11 bits per heavy atom. The van der Waals surface area contributed by atoms with Crippen LogP contribution in [0.3, 0.4) is 0 Å². The van der Waals surface area contributed by atoms with Crippen molar-refractivity contribution < 1.29 is 9.53 Å². The second-order valence-electron chi connectivity index (χ2n) is 7.17. The maximum Gasteiger partial charge on any atom is 0.223 e. The van der Waals surface area contributed by atoms with Gasteiger partial charge in [0.1, 0.15) is 18.0 Å². The van der Waals surface area contributed by atoms with E-state index in [1.807, 2.05) is 18.2 Å². The van der Waals surface area contributed by atoms with E-state index in [1.54, 1.807) is 18.7 Å². The van der Waals surface area contributed by atoms with Crippen LogP contribution in [0.1, 0.15) is 18.4 Å². The molecule has 148 valence electrons. The molecule has 0 aliphatic carbocycles. The molecule has 4 rings (SSSR count). The minimum absolute atomic E-state index is 0.0495. The van der Waals surface area contributed by atoms with Gasteiger partial charge in [0, 0.05) is 57.1 Å². The van der Waals surface area contributed by atoms with Crippen LogP contribution in [0.4, 0.5) is 11.6 Å². The van der Waals surface area contributed by atoms with Crippen LogP contribution >= 0.6 is 0 Å². The quantitative estimate of drug-likeness (QED) is 0.833. The number of anilines is 2. The topological polar surface area (TPSA) is 83.5 Å². The van der Waals surface area contributed by atoms with Crippen LogP contribution in [0.5, 0.6) is 0 Å². The van der Waals surface area contributed by atoms with Crippen LogP contribution in [-0.2, 0) is 16.1 Å². The van der Waals surface area contributed by atoms with Crippen LogP contribution in [0.15, 0.2) is 36.9 Å². The molecule has 2 aromatic heterocycles. The van der Waals surface area contributed by atoms with Crippen molar-refractivity contribution in [3.63, 3.8) is 0 Å². The van der Waals surface area contributed by atoms with Crippen LogP contribution in [-0.4, -0.2) is 60.3 Å². The van der Waals surface area contributed by atoms with Crippen molar-refractivity contribution in [1.82, 2.24) is 20.3 Å². The molecule has 0 unspecified atom stereocenters. The Bertz CT molecular complexity index is 773. The van der Waals surface area contributed by atoms with E-state index in [-0.39, 0.29) is 11.8 Å². The summed E-state index contributed by atoms with van der Waals surface area (Å²) in [5, 5.41) is 3.03. The average Bonchev–Trinajstić information content (AvgIpc) is 2.79. The van der Waals surface area contributed by atoms with E-state index in [4.69, 9.17) is 4.74 Å². The fraction of sp³-hybridized carbons (Fsp3) is 0.500. The molecule has 4 heterocycles. The number of rotatable bonds is 5. The number of nitrogens with zero attached hydrogens (tertiary/aromatic N) is 5. The highest BCUT2D eigenvalue weighted by Crippen LogP contribution is 2.24. The first-order valence-electron chi connectivity index (χ1n) is 9.86. The number of carbonyl (C=O) groups excluding carboxylic acids is 1. The summed E-state index contributed by atoms with van der Waals surface area (Å²) in [6.07, 6.45) is 6.81. The van der Waals surface area contributed by atoms with Crippen molar-refractivity contribution in [3.05, 3.63) is 42.5 Å². The van der Waals surface area contributed by atoms with Gasteiger partial charge in [0.05, 0.1) is 13.2 Å². The van der Waals surface area contributed by atoms with Crippen molar-refractivity contribution in [2.24, 2.45) is 5.92 Å². The average molecular weight is 382 g/mol. The predicted octanol–water partition coefficient (Wildman–Crippen LogP) is 1.24. The van der Waals surface area contributed by atoms with E-state index >= 15 is 0 Å². The van der Waals surface area contributed by atoms with Crippen LogP contribution in [0.2, 0.25) is 0 Å². The molecule has 0 aromatic carbocycles. The molecule has 1 amide bonds. The molecule has 2 aliphatic heterocycles. The molecule has 28 heavy (non-hydrogen) atoms. The Labute approximate surface area is 164 Å². The molecular weight excluding hydrogens is 356 g/mol. The van der Waals surface area contributed by atoms with Crippen LogP contribution in [0, 0.1) is 5.92 Å². The van der Waals surface area contributed by atoms with Gasteiger partial charge in [-0.3, -0.25) is 9.78 Å². The van der Waals surface area contributed by atoms with Gasteiger partial charge in [-0.05, 0) is 24.5 Å². The third-order valence-electron chi connectivity index (χ3n) is 5.35. The third kappa shape index (κ3) is 4.56. The predicted molar refractivity (Wildman–Crippen MR) is 106 cm³/mol. The lowest BCUT2D eigenvalue weighted by Crippen LogP contribution is -2.41. The van der Waals surface area contributed by atoms with Gasteiger partial charge in [0.25, 0.3) is 0 Å². The Balaban J connectivity index is 1.29. The number of hydrogen-bond acceptors (Lipinski definition) is 7. The van der Waals surface area contributed by atoms with Gasteiger partial charge in [-0.25, -0.2) is 9.97 Å². The molecule has 0 bridgehead atoms. The normalized spacial score (nSPS) is 18.1. The molecule has 2 saturated heterocycles. The molecule has 0 saturated carbocycles. The smallest absolute Gasteiger partial charge is 0.223 e. The van der Waals surface area contributed by atoms with E-state index in [9.17, 15) is 4.79 Å². The van der Waals surface area contributed by atoms with E-state index in [2.05, 4.69) is 30.1 Å². The monoisotopic (exact) mass is 382 g/mol. The SMILES string of the molecule is O=C(NCc1cccnc1)C1CCN(c2cc(N3CCOCC3)ncn2)CC1. The van der Waals surface area contributed by atoms with Gasteiger partial charge in [-0.2, -0.15) is 0 Å². The standard InChI is InChI=1S/C20H26N6O2/c27-20(22-14-16-2-1-5-21-13-16)17-3-6-25(7-4-17)18-12-19(24-15-23-18)26-8-10-28-11-9-26/h1-2,5,12-13,15,17H,3-4,6-11,14H2,(H,22,27). The van der Waals surface area contributed by atoms with Gasteiger partial charge < -0.3 is 19.9 Å². The van der Waals surface area contributed by atoms with Gasteiger partial charge in [-0.1, -0.05) is 6.07 Å². The lowest BCUT2D eigenvalue weighted by molar-refractivity contribution is -0.125. The number of morpholine rings is 1. The first-order chi connectivity index (χ1) is 13.8. The van der Waals surface area contributed by atoms with Crippen LogP contribution in [0.25, 0.3) is 0 Å². The molecule has 0 radical (unpaired) electrons. The number of pyridine rings is 1. The number of carbonyl (C=O) groups is 1. The molecule has 8 heteroatoms. The number of aromatic nitrogens is 3. The highest BCUT2D eigenvalue weighted by Gasteiger charge is 2.26. The summed E-state index contributed by atoms with van der Waals surface area (Å²) in [7, 11) is 0. The summed E-state index contributed by atoms with van der Waals surface area (Å²) in [5.74, 6) is 2.06. The van der Waals surface area contributed by atoms with E-state index in [0.29, 0.717) is 6.54 Å². The molecule has 2 aliphatic rings. The fourth-order valence-corrected chi connectivity index (χ4v) is 3.68. The first-order valence-corrected chi connectivity index (χ1v) is 9.86. The highest BCUT2D eigenvalue weighted by atomic mass is 16.5. The van der Waals surface area contributed by atoms with Crippen molar-refractivity contribution in [2.45, 2.75) is 19.4 Å². The molecular formula is C20H26N6O2. The number of hydrogen-bond donors (Lipinski definition) is 1. The van der Waals surface area contributed by atoms with Crippen LogP contribution < -0.4 is 15.1 Å². The molecule has 8 nitrogen and oxygen atoms in total.